The quantitative estimate of drug-likeness (QED) is 0.105. The number of azo groups is 1. The van der Waals surface area contributed by atoms with Crippen LogP contribution in [0.1, 0.15) is 38.0 Å². The van der Waals surface area contributed by atoms with E-state index in [1.54, 1.807) is 43.4 Å². The van der Waals surface area contributed by atoms with Gasteiger partial charge in [0.05, 0.1) is 16.9 Å². The maximum Gasteiger partial charge on any atom is 0.336 e. The Labute approximate surface area is 281 Å². The molecule has 0 fully saturated rings. The van der Waals surface area contributed by atoms with Crippen LogP contribution in [0.3, 0.4) is 0 Å². The molecule has 0 saturated carbocycles. The number of Topliss-reactive ketones (excluding diaryl/α,β-unsaturated/α-hetero) is 1. The van der Waals surface area contributed by atoms with E-state index in [0.29, 0.717) is 38.9 Å². The third-order valence-corrected chi connectivity index (χ3v) is 7.59. The minimum atomic E-state index is -1.16. The lowest BCUT2D eigenvalue weighted by Crippen LogP contribution is -2.17. The van der Waals surface area contributed by atoms with Crippen molar-refractivity contribution < 1.29 is 29.0 Å². The summed E-state index contributed by atoms with van der Waals surface area (Å²) in [6.07, 6.45) is 0. The Morgan fingerprint density at radius 1 is 0.776 bits per heavy atom. The summed E-state index contributed by atoms with van der Waals surface area (Å²) in [5, 5.41) is 32.9. The van der Waals surface area contributed by atoms with Gasteiger partial charge in [0.15, 0.2) is 11.2 Å². The Morgan fingerprint density at radius 2 is 1.41 bits per heavy atom. The number of carboxylic acid groups (broad SMARTS) is 1. The van der Waals surface area contributed by atoms with E-state index in [2.05, 4.69) is 15.5 Å². The number of carbonyl (C=O) groups is 3. The van der Waals surface area contributed by atoms with Crippen molar-refractivity contribution in [3.8, 4) is 28.2 Å². The average molecular weight is 656 g/mol. The topological polar surface area (TPSA) is 165 Å². The van der Waals surface area contributed by atoms with Gasteiger partial charge in [-0.15, -0.1) is 5.75 Å². The predicted octanol–water partition coefficient (Wildman–Crippen LogP) is 7.07. The molecule has 246 valence electrons. The highest BCUT2D eigenvalue weighted by molar-refractivity contribution is 6.09. The van der Waals surface area contributed by atoms with E-state index in [0.717, 1.165) is 11.4 Å². The van der Waals surface area contributed by atoms with Gasteiger partial charge >= 0.3 is 5.97 Å². The summed E-state index contributed by atoms with van der Waals surface area (Å²) in [5.74, 6) is -1.54. The molecule has 2 aliphatic rings. The lowest BCUT2D eigenvalue weighted by atomic mass is 9.89. The Kier molecular flexibility index (Phi) is 9.93. The first kappa shape index (κ1) is 33.7. The van der Waals surface area contributed by atoms with Crippen molar-refractivity contribution in [1.82, 2.24) is 5.32 Å². The van der Waals surface area contributed by atoms with Crippen molar-refractivity contribution in [3.63, 3.8) is 0 Å². The highest BCUT2D eigenvalue weighted by Gasteiger charge is 2.22. The van der Waals surface area contributed by atoms with Gasteiger partial charge in [0.1, 0.15) is 11.3 Å². The number of carbonyl (C=O) groups excluding carboxylic acids is 2. The fourth-order valence-corrected chi connectivity index (χ4v) is 5.05. The number of benzene rings is 5. The number of amides is 1. The average Bonchev–Trinajstić information content (AvgIpc) is 3.09. The summed E-state index contributed by atoms with van der Waals surface area (Å²) in [5.41, 5.74) is 4.81. The van der Waals surface area contributed by atoms with Crippen molar-refractivity contribution in [2.75, 3.05) is 26.0 Å². The third-order valence-electron chi connectivity index (χ3n) is 7.59. The SMILES string of the molecule is CC(=O)c1ccc(C(=O)O)c(-c2c3ccc(=O)cc-3oc3cc([O-])ccc23)c1.CNC(=O)c1ccc(N=Nc2ccc(N(C)C)cc2)cc1. The van der Waals surface area contributed by atoms with E-state index >= 15 is 0 Å². The van der Waals surface area contributed by atoms with E-state index in [4.69, 9.17) is 4.42 Å². The number of carboxylic acids is 1. The molecule has 6 rings (SSSR count). The van der Waals surface area contributed by atoms with Crippen LogP contribution in [0.5, 0.6) is 5.75 Å². The summed E-state index contributed by atoms with van der Waals surface area (Å²) >= 11 is 0. The number of hydrogen-bond donors (Lipinski definition) is 2. The Hall–Kier alpha value is -6.62. The number of anilines is 1. The van der Waals surface area contributed by atoms with Crippen molar-refractivity contribution in [2.45, 2.75) is 6.92 Å². The molecule has 1 amide bonds. The molecule has 0 atom stereocenters. The van der Waals surface area contributed by atoms with Gasteiger partial charge in [-0.05, 0) is 91.3 Å². The lowest BCUT2D eigenvalue weighted by Gasteiger charge is -2.18. The van der Waals surface area contributed by atoms with Crippen LogP contribution >= 0.6 is 0 Å². The number of fused-ring (bicyclic) bond motifs is 2. The second-order valence-electron chi connectivity index (χ2n) is 11.2. The van der Waals surface area contributed by atoms with E-state index < -0.39 is 5.97 Å². The number of hydrogen-bond acceptors (Lipinski definition) is 9. The second-order valence-corrected chi connectivity index (χ2v) is 11.2. The smallest absolute Gasteiger partial charge is 0.336 e. The first-order valence-corrected chi connectivity index (χ1v) is 15.0. The van der Waals surface area contributed by atoms with Crippen molar-refractivity contribution in [1.29, 1.82) is 0 Å². The van der Waals surface area contributed by atoms with Gasteiger partial charge in [0, 0.05) is 60.5 Å². The molecule has 49 heavy (non-hydrogen) atoms. The fraction of sp³-hybridized carbons (Fsp3) is 0.105. The highest BCUT2D eigenvalue weighted by atomic mass is 16.4. The van der Waals surface area contributed by atoms with Crippen LogP contribution in [0, 0.1) is 0 Å². The molecular weight excluding hydrogens is 624 g/mol. The van der Waals surface area contributed by atoms with E-state index in [-0.39, 0.29) is 39.8 Å². The zero-order valence-corrected chi connectivity index (χ0v) is 27.1. The van der Waals surface area contributed by atoms with Crippen LogP contribution in [0.4, 0.5) is 17.1 Å². The van der Waals surface area contributed by atoms with Crippen LogP contribution in [0.25, 0.3) is 33.4 Å². The van der Waals surface area contributed by atoms with Crippen molar-refractivity contribution in [2.24, 2.45) is 10.2 Å². The Morgan fingerprint density at radius 3 is 2.00 bits per heavy atom. The van der Waals surface area contributed by atoms with E-state index in [1.807, 2.05) is 43.3 Å². The molecule has 2 N–H and O–H groups in total. The highest BCUT2D eigenvalue weighted by Crippen LogP contribution is 2.42. The van der Waals surface area contributed by atoms with Gasteiger partial charge in [0.2, 0.25) is 0 Å². The molecule has 4 aromatic carbocycles. The minimum Gasteiger partial charge on any atom is -0.872 e. The van der Waals surface area contributed by atoms with Gasteiger partial charge in [-0.2, -0.15) is 10.2 Å². The number of rotatable bonds is 7. The third kappa shape index (κ3) is 7.68. The van der Waals surface area contributed by atoms with Gasteiger partial charge < -0.3 is 24.8 Å². The monoisotopic (exact) mass is 655 g/mol. The predicted molar refractivity (Wildman–Crippen MR) is 186 cm³/mol. The maximum absolute atomic E-state index is 11.9. The lowest BCUT2D eigenvalue weighted by molar-refractivity contribution is -0.268. The molecule has 0 aromatic heterocycles. The minimum absolute atomic E-state index is 0.00352. The zero-order chi connectivity index (χ0) is 35.2. The molecule has 1 heterocycles. The first-order chi connectivity index (χ1) is 23.4. The summed E-state index contributed by atoms with van der Waals surface area (Å²) in [6.45, 7) is 1.39. The van der Waals surface area contributed by atoms with Crippen LogP contribution < -0.4 is 20.8 Å². The fourth-order valence-electron chi connectivity index (χ4n) is 5.05. The summed E-state index contributed by atoms with van der Waals surface area (Å²) in [6, 6.07) is 27.5. The molecule has 11 nitrogen and oxygen atoms in total. The zero-order valence-electron chi connectivity index (χ0n) is 27.1. The van der Waals surface area contributed by atoms with Crippen LogP contribution in [0.15, 0.2) is 123 Å². The van der Waals surface area contributed by atoms with Crippen LogP contribution in [-0.2, 0) is 0 Å². The van der Waals surface area contributed by atoms with Crippen molar-refractivity contribution in [3.05, 3.63) is 130 Å². The molecule has 0 saturated heterocycles. The number of nitrogens with zero attached hydrogens (tertiary/aromatic N) is 3. The Balaban J connectivity index is 0.000000200. The molecule has 0 unspecified atom stereocenters. The van der Waals surface area contributed by atoms with Gasteiger partial charge in [0.25, 0.3) is 5.91 Å². The van der Waals surface area contributed by atoms with Crippen LogP contribution in [-0.4, -0.2) is 43.9 Å². The summed E-state index contributed by atoms with van der Waals surface area (Å²) in [7, 11) is 5.59. The molecule has 11 heteroatoms. The molecule has 1 aliphatic carbocycles. The summed E-state index contributed by atoms with van der Waals surface area (Å²) in [4.78, 5) is 49.0. The molecular formula is C38H31N4O7-. The summed E-state index contributed by atoms with van der Waals surface area (Å²) < 4.78 is 5.73. The number of ketones is 1. The van der Waals surface area contributed by atoms with Gasteiger partial charge in [-0.1, -0.05) is 18.2 Å². The number of aromatic carboxylic acids is 1. The van der Waals surface area contributed by atoms with E-state index in [1.165, 1.54) is 49.4 Å². The standard InChI is InChI=1S/C22H14O6.C16H18N4O/c1-11(23)12-2-5-15(22(26)27)18(8-12)21-16-6-3-13(24)9-19(16)28-20-10-14(25)4-7-17(20)21;1-17-16(21)12-4-6-13(7-5-12)18-19-14-8-10-15(11-9-14)20(2)3/h2-10,24H,1H3,(H,26,27);4-11H,1-3H3,(H,17,21)/p-1. The van der Waals surface area contributed by atoms with Crippen LogP contribution in [0.2, 0.25) is 0 Å². The maximum atomic E-state index is 11.9. The molecule has 0 bridgehead atoms. The van der Waals surface area contributed by atoms with Gasteiger partial charge in [-0.25, -0.2) is 4.79 Å². The molecule has 4 aromatic rings. The molecule has 0 radical (unpaired) electrons. The Bertz CT molecular complexity index is 2240. The van der Waals surface area contributed by atoms with E-state index in [9.17, 15) is 29.4 Å². The molecule has 1 aliphatic heterocycles. The van der Waals surface area contributed by atoms with Crippen molar-refractivity contribution >= 4 is 45.7 Å². The first-order valence-electron chi connectivity index (χ1n) is 15.0. The number of nitrogens with one attached hydrogen (secondary N) is 1. The largest absolute Gasteiger partial charge is 0.872 e. The normalized spacial score (nSPS) is 10.9. The second kappa shape index (κ2) is 14.4. The van der Waals surface area contributed by atoms with Gasteiger partial charge in [-0.3, -0.25) is 14.4 Å². The molecule has 0 spiro atoms.